The van der Waals surface area contributed by atoms with E-state index in [-0.39, 0.29) is 11.9 Å². The molecule has 4 nitrogen and oxygen atoms in total. The lowest BCUT2D eigenvalue weighted by Gasteiger charge is -2.17. The molecule has 0 aliphatic heterocycles. The first-order valence-corrected chi connectivity index (χ1v) is 7.02. The number of nitrogens with zero attached hydrogens (tertiary/aromatic N) is 1. The Morgan fingerprint density at radius 3 is 2.53 bits per heavy atom. The number of halogens is 1. The molecule has 0 saturated heterocycles. The lowest BCUT2D eigenvalue weighted by molar-refractivity contribution is 0.184. The number of oxime groups is 1. The van der Waals surface area contributed by atoms with Gasteiger partial charge in [-0.2, -0.15) is 0 Å². The first-order chi connectivity index (χ1) is 9.20. The van der Waals surface area contributed by atoms with E-state index in [9.17, 15) is 0 Å². The second-order valence-corrected chi connectivity index (χ2v) is 5.27. The first kappa shape index (κ1) is 14.0. The third-order valence-corrected chi connectivity index (χ3v) is 3.74. The maximum atomic E-state index is 8.65. The summed E-state index contributed by atoms with van der Waals surface area (Å²) in [6.45, 7) is 0. The summed E-state index contributed by atoms with van der Waals surface area (Å²) in [5.41, 5.74) is 6.04. The fraction of sp³-hybridized carbons (Fsp3) is 0.500. The van der Waals surface area contributed by atoms with Crippen LogP contribution >= 0.6 is 11.6 Å². The van der Waals surface area contributed by atoms with E-state index in [0.29, 0.717) is 10.6 Å². The van der Waals surface area contributed by atoms with Gasteiger partial charge in [0.25, 0.3) is 0 Å². The molecule has 1 aromatic carbocycles. The van der Waals surface area contributed by atoms with Crippen molar-refractivity contribution in [1.29, 1.82) is 0 Å². The number of nitrogens with two attached hydrogens (primary N) is 1. The molecule has 0 spiro atoms. The summed E-state index contributed by atoms with van der Waals surface area (Å²) in [4.78, 5) is 0. The van der Waals surface area contributed by atoms with E-state index in [1.807, 2.05) is 6.07 Å². The molecule has 0 radical (unpaired) electrons. The minimum absolute atomic E-state index is 0.00557. The van der Waals surface area contributed by atoms with Crippen LogP contribution in [0.3, 0.4) is 0 Å². The predicted octanol–water partition coefficient (Wildman–Crippen LogP) is 3.54. The van der Waals surface area contributed by atoms with Gasteiger partial charge in [-0.25, -0.2) is 0 Å². The Morgan fingerprint density at radius 2 is 1.95 bits per heavy atom. The average molecular weight is 283 g/mol. The third kappa shape index (κ3) is 3.77. The fourth-order valence-electron chi connectivity index (χ4n) is 2.38. The second-order valence-electron chi connectivity index (χ2n) is 4.86. The number of hydrogen-bond donors (Lipinski definition) is 2. The Morgan fingerprint density at radius 1 is 1.26 bits per heavy atom. The molecule has 5 heteroatoms. The molecule has 0 unspecified atom stereocenters. The highest BCUT2D eigenvalue weighted by Crippen LogP contribution is 2.26. The lowest BCUT2D eigenvalue weighted by atomic mass is 10.1. The van der Waals surface area contributed by atoms with Crippen molar-refractivity contribution in [3.63, 3.8) is 0 Å². The molecular formula is C14H19ClN2O2. The van der Waals surface area contributed by atoms with Gasteiger partial charge in [0.1, 0.15) is 5.75 Å². The van der Waals surface area contributed by atoms with E-state index >= 15 is 0 Å². The molecule has 1 aliphatic rings. The number of ether oxygens (including phenoxy) is 1. The van der Waals surface area contributed by atoms with E-state index in [1.165, 1.54) is 25.7 Å². The molecule has 104 valence electrons. The van der Waals surface area contributed by atoms with Crippen LogP contribution in [0, 0.1) is 0 Å². The van der Waals surface area contributed by atoms with Gasteiger partial charge in [-0.3, -0.25) is 0 Å². The van der Waals surface area contributed by atoms with E-state index in [0.717, 1.165) is 18.6 Å². The van der Waals surface area contributed by atoms with Gasteiger partial charge in [0.15, 0.2) is 5.84 Å². The first-order valence-electron chi connectivity index (χ1n) is 6.65. The van der Waals surface area contributed by atoms with Crippen molar-refractivity contribution in [2.24, 2.45) is 10.9 Å². The number of amidine groups is 1. The van der Waals surface area contributed by atoms with Gasteiger partial charge in [0.05, 0.1) is 11.1 Å². The Hall–Kier alpha value is -1.42. The van der Waals surface area contributed by atoms with Crippen LogP contribution in [-0.4, -0.2) is 17.1 Å². The zero-order valence-corrected chi connectivity index (χ0v) is 11.6. The highest BCUT2D eigenvalue weighted by Gasteiger charge is 2.14. The molecule has 19 heavy (non-hydrogen) atoms. The zero-order valence-electron chi connectivity index (χ0n) is 10.8. The number of benzene rings is 1. The van der Waals surface area contributed by atoms with Crippen LogP contribution in [0.15, 0.2) is 23.4 Å². The van der Waals surface area contributed by atoms with E-state index in [1.54, 1.807) is 12.1 Å². The maximum absolute atomic E-state index is 8.65. The van der Waals surface area contributed by atoms with Gasteiger partial charge < -0.3 is 15.7 Å². The third-order valence-electron chi connectivity index (χ3n) is 3.43. The quantitative estimate of drug-likeness (QED) is 0.293. The molecule has 1 saturated carbocycles. The van der Waals surface area contributed by atoms with Gasteiger partial charge in [0, 0.05) is 5.56 Å². The molecule has 2 rings (SSSR count). The minimum atomic E-state index is 0.00557. The Balaban J connectivity index is 2.07. The van der Waals surface area contributed by atoms with Crippen LogP contribution in [0.1, 0.15) is 44.1 Å². The smallest absolute Gasteiger partial charge is 0.171 e. The van der Waals surface area contributed by atoms with Crippen LogP contribution < -0.4 is 10.5 Å². The summed E-state index contributed by atoms with van der Waals surface area (Å²) in [7, 11) is 0. The SMILES string of the molecule is NC(=NO)c1ccc(OC2CCCCCC2)cc1Cl. The summed E-state index contributed by atoms with van der Waals surface area (Å²) in [6.07, 6.45) is 7.50. The fourth-order valence-corrected chi connectivity index (χ4v) is 2.65. The van der Waals surface area contributed by atoms with Crippen LogP contribution in [0.25, 0.3) is 0 Å². The lowest BCUT2D eigenvalue weighted by Crippen LogP contribution is -2.16. The van der Waals surface area contributed by atoms with Gasteiger partial charge in [-0.1, -0.05) is 29.6 Å². The van der Waals surface area contributed by atoms with Gasteiger partial charge >= 0.3 is 0 Å². The van der Waals surface area contributed by atoms with Gasteiger partial charge in [-0.15, -0.1) is 0 Å². The Bertz CT molecular complexity index is 455. The Labute approximate surface area is 118 Å². The van der Waals surface area contributed by atoms with Crippen molar-refractivity contribution in [1.82, 2.24) is 0 Å². The molecule has 1 fully saturated rings. The molecule has 0 bridgehead atoms. The van der Waals surface area contributed by atoms with Crippen molar-refractivity contribution >= 4 is 17.4 Å². The standard InChI is InChI=1S/C14H19ClN2O2/c15-13-9-11(7-8-12(13)14(16)17-18)19-10-5-3-1-2-4-6-10/h7-10,18H,1-6H2,(H2,16,17). The largest absolute Gasteiger partial charge is 0.490 e. The molecule has 1 aromatic rings. The molecule has 0 aromatic heterocycles. The van der Waals surface area contributed by atoms with Crippen molar-refractivity contribution in [2.45, 2.75) is 44.6 Å². The number of rotatable bonds is 3. The second kappa shape index (κ2) is 6.66. The molecule has 3 N–H and O–H groups in total. The van der Waals surface area contributed by atoms with Crippen molar-refractivity contribution < 1.29 is 9.94 Å². The molecular weight excluding hydrogens is 264 g/mol. The summed E-state index contributed by atoms with van der Waals surface area (Å²) in [5.74, 6) is 0.748. The summed E-state index contributed by atoms with van der Waals surface area (Å²) >= 11 is 6.10. The topological polar surface area (TPSA) is 67.8 Å². The normalized spacial score (nSPS) is 18.1. The van der Waals surface area contributed by atoms with Gasteiger partial charge in [-0.05, 0) is 43.9 Å². The predicted molar refractivity (Wildman–Crippen MR) is 76.1 cm³/mol. The van der Waals surface area contributed by atoms with Gasteiger partial charge in [0.2, 0.25) is 0 Å². The van der Waals surface area contributed by atoms with Crippen molar-refractivity contribution in [2.75, 3.05) is 0 Å². The van der Waals surface area contributed by atoms with E-state index in [2.05, 4.69) is 5.16 Å². The minimum Gasteiger partial charge on any atom is -0.490 e. The van der Waals surface area contributed by atoms with Crippen LogP contribution in [0.5, 0.6) is 5.75 Å². The molecule has 1 aliphatic carbocycles. The summed E-state index contributed by atoms with van der Waals surface area (Å²) in [6, 6.07) is 5.24. The molecule has 0 amide bonds. The zero-order chi connectivity index (χ0) is 13.7. The van der Waals surface area contributed by atoms with Crippen molar-refractivity contribution in [3.05, 3.63) is 28.8 Å². The van der Waals surface area contributed by atoms with E-state index in [4.69, 9.17) is 27.3 Å². The van der Waals surface area contributed by atoms with Crippen LogP contribution in [0.4, 0.5) is 0 Å². The highest BCUT2D eigenvalue weighted by molar-refractivity contribution is 6.34. The molecule has 0 heterocycles. The summed E-state index contributed by atoms with van der Waals surface area (Å²) in [5, 5.41) is 12.0. The van der Waals surface area contributed by atoms with Crippen LogP contribution in [-0.2, 0) is 0 Å². The van der Waals surface area contributed by atoms with E-state index < -0.39 is 0 Å². The van der Waals surface area contributed by atoms with Crippen LogP contribution in [0.2, 0.25) is 5.02 Å². The molecule has 0 atom stereocenters. The highest BCUT2D eigenvalue weighted by atomic mass is 35.5. The van der Waals surface area contributed by atoms with Crippen molar-refractivity contribution in [3.8, 4) is 5.75 Å². The Kier molecular flexibility index (Phi) is 4.91. The number of hydrogen-bond acceptors (Lipinski definition) is 3. The maximum Gasteiger partial charge on any atom is 0.171 e. The monoisotopic (exact) mass is 282 g/mol. The average Bonchev–Trinajstić information content (AvgIpc) is 2.67. The summed E-state index contributed by atoms with van der Waals surface area (Å²) < 4.78 is 5.96.